The summed E-state index contributed by atoms with van der Waals surface area (Å²) in [6, 6.07) is 28.9. The molecular weight excluding hydrogens is 825 g/mol. The maximum atomic E-state index is 15.1. The molecule has 4 heterocycles. The van der Waals surface area contributed by atoms with Gasteiger partial charge >= 0.3 is 18.1 Å². The number of halogens is 4. The molecule has 0 saturated carbocycles. The lowest BCUT2D eigenvalue weighted by Gasteiger charge is -2.23. The molecule has 0 bridgehead atoms. The number of rotatable bonds is 14. The van der Waals surface area contributed by atoms with Crippen LogP contribution in [-0.2, 0) is 18.9 Å². The molecule has 322 valence electrons. The van der Waals surface area contributed by atoms with Crippen molar-refractivity contribution in [3.63, 3.8) is 0 Å². The second-order valence-corrected chi connectivity index (χ2v) is 14.7. The molecule has 2 N–H and O–H groups in total. The summed E-state index contributed by atoms with van der Waals surface area (Å²) in [5.74, 6) is -1.86. The van der Waals surface area contributed by atoms with Crippen molar-refractivity contribution in [1.82, 2.24) is 50.7 Å². The minimum atomic E-state index is -4.48. The fraction of sp³-hybridized carbons (Fsp3) is 0.205. The number of hydrogen-bond acceptors (Lipinski definition) is 12. The average molecular weight is 863 g/mol. The monoisotopic (exact) mass is 862 g/mol. The minimum Gasteiger partial charge on any atom is -0.431 e. The number of hydrazine groups is 1. The Balaban J connectivity index is 0.871. The van der Waals surface area contributed by atoms with Gasteiger partial charge in [-0.05, 0) is 97.5 Å². The number of amides is 1. The zero-order chi connectivity index (χ0) is 44.6. The number of aromatic nitrogens is 8. The van der Waals surface area contributed by atoms with Crippen molar-refractivity contribution in [3.05, 3.63) is 119 Å². The van der Waals surface area contributed by atoms with Gasteiger partial charge in [-0.3, -0.25) is 19.6 Å². The number of ether oxygens (including phenoxy) is 2. The number of hydrogen-bond donors (Lipinski definition) is 2. The van der Waals surface area contributed by atoms with Crippen LogP contribution in [0.4, 0.5) is 17.6 Å². The lowest BCUT2D eigenvalue weighted by atomic mass is 10.1. The normalized spacial score (nSPS) is 11.8. The first kappa shape index (κ1) is 42.0. The third kappa shape index (κ3) is 8.89. The van der Waals surface area contributed by atoms with Crippen LogP contribution in [0.2, 0.25) is 0 Å². The SMILES string of the molecule is Cc1cc(-c2noc(-c3cc(-c4ccccc4)n(C)n3)n2)cc(C)c1OC(F)(F)CNNC(=O)C(F)(F)Oc1c(C)cc(-c2noc(-c3cc(-c4ccccc4)n(C)n3)n2)cc1C. The standard InChI is InChI=1S/C44H38F4N10O5/c1-24-17-30(38-50-40(62-55-38)32-21-34(57(5)53-32)28-13-9-7-10-14-28)18-25(2)36(24)60-43(45,46)23-49-52-42(59)44(47,48)61-37-26(3)19-31(20-27(37)4)39-51-41(63-56-39)33-22-35(58(6)54-33)29-15-11-8-12-16-29/h7-22,49H,23H2,1-6H3,(H,52,59). The van der Waals surface area contributed by atoms with E-state index in [1.54, 1.807) is 48.8 Å². The van der Waals surface area contributed by atoms with Gasteiger partial charge in [0.25, 0.3) is 11.8 Å². The van der Waals surface area contributed by atoms with E-state index in [-0.39, 0.29) is 46.1 Å². The van der Waals surface area contributed by atoms with Gasteiger partial charge in [0.2, 0.25) is 11.6 Å². The van der Waals surface area contributed by atoms with Crippen LogP contribution >= 0.6 is 0 Å². The molecule has 8 rings (SSSR count). The van der Waals surface area contributed by atoms with E-state index < -0.39 is 24.7 Å². The van der Waals surface area contributed by atoms with Crippen LogP contribution in [0.25, 0.3) is 68.5 Å². The predicted molar refractivity (Wildman–Crippen MR) is 221 cm³/mol. The molecule has 0 radical (unpaired) electrons. The summed E-state index contributed by atoms with van der Waals surface area (Å²) >= 11 is 0. The number of aryl methyl sites for hydroxylation is 6. The van der Waals surface area contributed by atoms with Crippen LogP contribution in [0.1, 0.15) is 22.3 Å². The van der Waals surface area contributed by atoms with Crippen molar-refractivity contribution in [1.29, 1.82) is 0 Å². The smallest absolute Gasteiger partial charge is 0.431 e. The molecule has 0 aliphatic heterocycles. The number of nitrogens with one attached hydrogen (secondary N) is 2. The van der Waals surface area contributed by atoms with Gasteiger partial charge in [0.1, 0.15) is 18.0 Å². The maximum absolute atomic E-state index is 15.1. The maximum Gasteiger partial charge on any atom is 0.483 e. The van der Waals surface area contributed by atoms with Crippen molar-refractivity contribution in [2.45, 2.75) is 39.9 Å². The van der Waals surface area contributed by atoms with Gasteiger partial charge in [0.05, 0.1) is 11.4 Å². The van der Waals surface area contributed by atoms with E-state index in [4.69, 9.17) is 18.5 Å². The highest BCUT2D eigenvalue weighted by Crippen LogP contribution is 2.36. The summed E-state index contributed by atoms with van der Waals surface area (Å²) in [5, 5.41) is 17.1. The Bertz CT molecular complexity index is 2900. The Morgan fingerprint density at radius 3 is 1.46 bits per heavy atom. The Morgan fingerprint density at radius 2 is 1.03 bits per heavy atom. The van der Waals surface area contributed by atoms with Gasteiger partial charge in [-0.2, -0.15) is 37.7 Å². The number of benzene rings is 4. The van der Waals surface area contributed by atoms with E-state index in [0.29, 0.717) is 33.6 Å². The van der Waals surface area contributed by atoms with Crippen LogP contribution in [0.15, 0.2) is 106 Å². The lowest BCUT2D eigenvalue weighted by Crippen LogP contribution is -2.53. The zero-order valence-electron chi connectivity index (χ0n) is 34.6. The Morgan fingerprint density at radius 1 is 0.619 bits per heavy atom. The highest BCUT2D eigenvalue weighted by atomic mass is 19.3. The minimum absolute atomic E-state index is 0.142. The van der Waals surface area contributed by atoms with Crippen molar-refractivity contribution in [2.75, 3.05) is 6.54 Å². The first-order valence-corrected chi connectivity index (χ1v) is 19.3. The summed E-state index contributed by atoms with van der Waals surface area (Å²) in [6.07, 6.45) is -8.44. The quantitative estimate of drug-likeness (QED) is 0.0791. The second kappa shape index (κ2) is 16.7. The van der Waals surface area contributed by atoms with E-state index in [0.717, 1.165) is 22.5 Å². The molecule has 63 heavy (non-hydrogen) atoms. The van der Waals surface area contributed by atoms with E-state index in [1.807, 2.05) is 72.2 Å². The molecule has 8 aromatic rings. The molecule has 0 aliphatic rings. The fourth-order valence-electron chi connectivity index (χ4n) is 6.93. The molecule has 0 spiro atoms. The summed E-state index contributed by atoms with van der Waals surface area (Å²) in [7, 11) is 3.58. The molecule has 15 nitrogen and oxygen atoms in total. The number of alkyl halides is 4. The molecule has 4 aromatic carbocycles. The summed E-state index contributed by atoms with van der Waals surface area (Å²) < 4.78 is 84.6. The van der Waals surface area contributed by atoms with E-state index in [9.17, 15) is 4.79 Å². The Hall–Kier alpha value is -7.67. The molecule has 1 amide bonds. The van der Waals surface area contributed by atoms with Gasteiger partial charge in [0, 0.05) is 25.2 Å². The average Bonchev–Trinajstić information content (AvgIpc) is 4.08. The van der Waals surface area contributed by atoms with Crippen molar-refractivity contribution in [2.24, 2.45) is 14.1 Å². The third-order valence-corrected chi connectivity index (χ3v) is 9.87. The van der Waals surface area contributed by atoms with Crippen LogP contribution in [-0.4, -0.2) is 64.5 Å². The van der Waals surface area contributed by atoms with Crippen molar-refractivity contribution >= 4 is 5.91 Å². The number of carbonyl (C=O) groups is 1. The zero-order valence-corrected chi connectivity index (χ0v) is 34.6. The van der Waals surface area contributed by atoms with Gasteiger partial charge in [-0.1, -0.05) is 71.0 Å². The topological polar surface area (TPSA) is 173 Å². The number of nitrogens with zero attached hydrogens (tertiary/aromatic N) is 8. The van der Waals surface area contributed by atoms with Gasteiger partial charge in [-0.25, -0.2) is 5.43 Å². The molecule has 19 heteroatoms. The van der Waals surface area contributed by atoms with Gasteiger partial charge < -0.3 is 18.5 Å². The predicted octanol–water partition coefficient (Wildman–Crippen LogP) is 8.42. The molecule has 4 aromatic heterocycles. The van der Waals surface area contributed by atoms with Gasteiger partial charge in [-0.15, -0.1) is 0 Å². The van der Waals surface area contributed by atoms with Crippen LogP contribution in [0.3, 0.4) is 0 Å². The highest BCUT2D eigenvalue weighted by Gasteiger charge is 2.44. The molecule has 0 atom stereocenters. The largest absolute Gasteiger partial charge is 0.483 e. The Kier molecular flexibility index (Phi) is 11.1. The van der Waals surface area contributed by atoms with Crippen molar-refractivity contribution < 1.29 is 40.9 Å². The van der Waals surface area contributed by atoms with E-state index in [1.165, 1.54) is 38.1 Å². The summed E-state index contributed by atoms with van der Waals surface area (Å²) in [6.45, 7) is 4.69. The molecule has 0 unspecified atom stereocenters. The van der Waals surface area contributed by atoms with E-state index >= 15 is 17.6 Å². The first-order chi connectivity index (χ1) is 30.0. The van der Waals surface area contributed by atoms with Crippen molar-refractivity contribution in [3.8, 4) is 80.0 Å². The van der Waals surface area contributed by atoms with Gasteiger partial charge in [0.15, 0.2) is 11.4 Å². The molecule has 0 saturated heterocycles. The first-order valence-electron chi connectivity index (χ1n) is 19.3. The Labute approximate surface area is 356 Å². The van der Waals surface area contributed by atoms with E-state index in [2.05, 4.69) is 30.5 Å². The lowest BCUT2D eigenvalue weighted by molar-refractivity contribution is -0.197. The van der Waals surface area contributed by atoms with Crippen LogP contribution in [0.5, 0.6) is 11.5 Å². The highest BCUT2D eigenvalue weighted by molar-refractivity contribution is 5.82. The summed E-state index contributed by atoms with van der Waals surface area (Å²) in [5.41, 5.74) is 9.74. The second-order valence-electron chi connectivity index (χ2n) is 14.7. The van der Waals surface area contributed by atoms with Crippen LogP contribution < -0.4 is 20.3 Å². The summed E-state index contributed by atoms with van der Waals surface area (Å²) in [4.78, 5) is 21.4. The third-order valence-electron chi connectivity index (χ3n) is 9.87. The molecular formula is C44H38F4N10O5. The molecule has 0 aliphatic carbocycles. The molecule has 0 fully saturated rings. The van der Waals surface area contributed by atoms with Crippen LogP contribution in [0, 0.1) is 27.7 Å². The number of carbonyl (C=O) groups excluding carboxylic acids is 1. The fourth-order valence-corrected chi connectivity index (χ4v) is 6.93.